The van der Waals surface area contributed by atoms with Crippen molar-refractivity contribution < 1.29 is 4.74 Å². The van der Waals surface area contributed by atoms with Crippen LogP contribution in [0.15, 0.2) is 169 Å². The number of nitrogens with zero attached hydrogens (tertiary/aromatic N) is 1. The standard InChI is InChI=1S/C41H30NOP/c1-4-16-31(17-5-1)37-28-43-41(42-37)36-26-24-29-14-10-12-22-34(29)39(36)40-35-23-13-11-15-30(35)25-27-38(40)44(32-18-6-2-7-19-32)33-20-8-3-9-21-33/h1-27,37H,28H2/t37-/m0/s1. The normalized spacial score (nSPS) is 14.6. The van der Waals surface area contributed by atoms with Gasteiger partial charge in [-0.15, -0.1) is 0 Å². The van der Waals surface area contributed by atoms with Crippen LogP contribution in [0, 0.1) is 0 Å². The zero-order chi connectivity index (χ0) is 29.3. The quantitative estimate of drug-likeness (QED) is 0.179. The molecule has 0 aromatic heterocycles. The highest BCUT2D eigenvalue weighted by Crippen LogP contribution is 2.44. The molecule has 1 aliphatic rings. The molecule has 0 radical (unpaired) electrons. The summed E-state index contributed by atoms with van der Waals surface area (Å²) in [6.07, 6.45) is 0. The first-order chi connectivity index (χ1) is 21.8. The molecule has 0 aliphatic carbocycles. The van der Waals surface area contributed by atoms with Crippen LogP contribution in [0.4, 0.5) is 0 Å². The number of benzene rings is 7. The Morgan fingerprint density at radius 2 is 1.02 bits per heavy atom. The molecular formula is C41H30NOP. The Kier molecular flexibility index (Phi) is 6.99. The first-order valence-corrected chi connectivity index (χ1v) is 16.4. The molecule has 0 fully saturated rings. The van der Waals surface area contributed by atoms with Gasteiger partial charge < -0.3 is 4.74 Å². The Hall–Kier alpha value is -5.04. The van der Waals surface area contributed by atoms with E-state index in [1.807, 2.05) is 6.07 Å². The van der Waals surface area contributed by atoms with E-state index in [0.717, 1.165) is 5.56 Å². The molecular weight excluding hydrogens is 553 g/mol. The van der Waals surface area contributed by atoms with E-state index in [9.17, 15) is 0 Å². The number of hydrogen-bond donors (Lipinski definition) is 0. The first kappa shape index (κ1) is 26.6. The Balaban J connectivity index is 1.45. The third kappa shape index (κ3) is 4.78. The van der Waals surface area contributed by atoms with Gasteiger partial charge in [0.25, 0.3) is 0 Å². The summed E-state index contributed by atoms with van der Waals surface area (Å²) in [6, 6.07) is 58.9. The highest BCUT2D eigenvalue weighted by molar-refractivity contribution is 7.80. The molecule has 0 unspecified atom stereocenters. The van der Waals surface area contributed by atoms with Gasteiger partial charge in [0.15, 0.2) is 0 Å². The second-order valence-corrected chi connectivity index (χ2v) is 13.3. The zero-order valence-corrected chi connectivity index (χ0v) is 25.1. The predicted octanol–water partition coefficient (Wildman–Crippen LogP) is 8.94. The van der Waals surface area contributed by atoms with E-state index in [1.54, 1.807) is 0 Å². The Labute approximate surface area is 259 Å². The van der Waals surface area contributed by atoms with Crippen molar-refractivity contribution in [2.45, 2.75) is 6.04 Å². The van der Waals surface area contributed by atoms with Crippen molar-refractivity contribution in [1.29, 1.82) is 0 Å². The number of hydrogen-bond acceptors (Lipinski definition) is 2. The molecule has 0 saturated heterocycles. The Morgan fingerprint density at radius 1 is 0.500 bits per heavy atom. The summed E-state index contributed by atoms with van der Waals surface area (Å²) in [5, 5.41) is 8.83. The summed E-state index contributed by atoms with van der Waals surface area (Å²) in [4.78, 5) is 5.19. The van der Waals surface area contributed by atoms with E-state index in [2.05, 4.69) is 158 Å². The third-order valence-electron chi connectivity index (χ3n) is 8.42. The highest BCUT2D eigenvalue weighted by Gasteiger charge is 2.28. The molecule has 1 atom stereocenters. The summed E-state index contributed by atoms with van der Waals surface area (Å²) in [7, 11) is -0.869. The van der Waals surface area contributed by atoms with Gasteiger partial charge in [0.2, 0.25) is 5.90 Å². The predicted molar refractivity (Wildman–Crippen MR) is 187 cm³/mol. The Bertz CT molecular complexity index is 2080. The third-order valence-corrected chi connectivity index (χ3v) is 10.9. The van der Waals surface area contributed by atoms with Gasteiger partial charge in [-0.25, -0.2) is 4.99 Å². The second kappa shape index (κ2) is 11.6. The van der Waals surface area contributed by atoms with Crippen LogP contribution in [-0.4, -0.2) is 12.5 Å². The van der Waals surface area contributed by atoms with Crippen LogP contribution in [0.5, 0.6) is 0 Å². The zero-order valence-electron chi connectivity index (χ0n) is 24.2. The molecule has 210 valence electrons. The fourth-order valence-electron chi connectivity index (χ4n) is 6.38. The molecule has 3 heteroatoms. The monoisotopic (exact) mass is 583 g/mol. The van der Waals surface area contributed by atoms with E-state index in [0.29, 0.717) is 12.5 Å². The maximum absolute atomic E-state index is 6.45. The van der Waals surface area contributed by atoms with Gasteiger partial charge in [-0.1, -0.05) is 158 Å². The molecule has 8 rings (SSSR count). The van der Waals surface area contributed by atoms with Crippen molar-refractivity contribution in [2.24, 2.45) is 4.99 Å². The molecule has 0 bridgehead atoms. The van der Waals surface area contributed by atoms with Crippen molar-refractivity contribution >= 4 is 51.3 Å². The van der Waals surface area contributed by atoms with E-state index in [4.69, 9.17) is 9.73 Å². The van der Waals surface area contributed by atoms with Crippen LogP contribution in [0.3, 0.4) is 0 Å². The minimum absolute atomic E-state index is 0.0248. The van der Waals surface area contributed by atoms with E-state index in [1.165, 1.54) is 54.1 Å². The second-order valence-electron chi connectivity index (χ2n) is 11.1. The molecule has 0 amide bonds. The van der Waals surface area contributed by atoms with Crippen molar-refractivity contribution in [1.82, 2.24) is 0 Å². The lowest BCUT2D eigenvalue weighted by Crippen LogP contribution is -2.23. The van der Waals surface area contributed by atoms with Gasteiger partial charge in [-0.05, 0) is 62.6 Å². The van der Waals surface area contributed by atoms with Crippen molar-refractivity contribution in [2.75, 3.05) is 6.61 Å². The Morgan fingerprint density at radius 3 is 1.66 bits per heavy atom. The number of rotatable bonds is 6. The fourth-order valence-corrected chi connectivity index (χ4v) is 8.85. The van der Waals surface area contributed by atoms with Crippen LogP contribution in [0.25, 0.3) is 32.7 Å². The van der Waals surface area contributed by atoms with Crippen molar-refractivity contribution in [3.8, 4) is 11.1 Å². The summed E-state index contributed by atoms with van der Waals surface area (Å²) in [5.74, 6) is 0.710. The van der Waals surface area contributed by atoms with Crippen LogP contribution in [-0.2, 0) is 4.74 Å². The smallest absolute Gasteiger partial charge is 0.217 e. The average molecular weight is 584 g/mol. The maximum Gasteiger partial charge on any atom is 0.217 e. The minimum Gasteiger partial charge on any atom is -0.475 e. The fraction of sp³-hybridized carbons (Fsp3) is 0.0488. The molecule has 1 aliphatic heterocycles. The maximum atomic E-state index is 6.45. The van der Waals surface area contributed by atoms with E-state index >= 15 is 0 Å². The summed E-state index contributed by atoms with van der Waals surface area (Å²) in [6.45, 7) is 0.536. The van der Waals surface area contributed by atoms with Gasteiger partial charge >= 0.3 is 0 Å². The number of fused-ring (bicyclic) bond motifs is 2. The van der Waals surface area contributed by atoms with Crippen molar-refractivity contribution in [3.63, 3.8) is 0 Å². The SMILES string of the molecule is c1ccc([C@@H]2COC(c3ccc4ccccc4c3-c3c(P(c4ccccc4)c4ccccc4)ccc4ccccc34)=N2)cc1. The van der Waals surface area contributed by atoms with Gasteiger partial charge in [-0.3, -0.25) is 0 Å². The molecule has 0 N–H and O–H groups in total. The van der Waals surface area contributed by atoms with Crippen LogP contribution < -0.4 is 15.9 Å². The molecule has 1 heterocycles. The lowest BCUT2D eigenvalue weighted by molar-refractivity contribution is 0.320. The summed E-state index contributed by atoms with van der Waals surface area (Å²) < 4.78 is 6.45. The molecule has 0 saturated carbocycles. The van der Waals surface area contributed by atoms with Gasteiger partial charge in [0, 0.05) is 11.1 Å². The summed E-state index contributed by atoms with van der Waals surface area (Å²) in [5.41, 5.74) is 4.65. The number of aliphatic imine (C=N–C) groups is 1. The average Bonchev–Trinajstić information content (AvgIpc) is 3.60. The van der Waals surface area contributed by atoms with Crippen LogP contribution in [0.1, 0.15) is 17.2 Å². The van der Waals surface area contributed by atoms with Gasteiger partial charge in [0.1, 0.15) is 12.6 Å². The van der Waals surface area contributed by atoms with Crippen LogP contribution >= 0.6 is 7.92 Å². The van der Waals surface area contributed by atoms with E-state index in [-0.39, 0.29) is 6.04 Å². The van der Waals surface area contributed by atoms with E-state index < -0.39 is 7.92 Å². The highest BCUT2D eigenvalue weighted by atomic mass is 31.1. The number of ether oxygens (including phenoxy) is 1. The lowest BCUT2D eigenvalue weighted by Gasteiger charge is -2.25. The molecule has 44 heavy (non-hydrogen) atoms. The van der Waals surface area contributed by atoms with Crippen molar-refractivity contribution in [3.05, 3.63) is 175 Å². The van der Waals surface area contributed by atoms with Gasteiger partial charge in [-0.2, -0.15) is 0 Å². The minimum atomic E-state index is -0.869. The molecule has 2 nitrogen and oxygen atoms in total. The molecule has 7 aromatic rings. The largest absolute Gasteiger partial charge is 0.475 e. The van der Waals surface area contributed by atoms with Crippen LogP contribution in [0.2, 0.25) is 0 Å². The van der Waals surface area contributed by atoms with Gasteiger partial charge in [0.05, 0.1) is 0 Å². The molecule has 7 aromatic carbocycles. The first-order valence-electron chi connectivity index (χ1n) is 15.1. The topological polar surface area (TPSA) is 21.6 Å². The molecule has 0 spiro atoms. The lowest BCUT2D eigenvalue weighted by atomic mass is 9.90. The summed E-state index contributed by atoms with van der Waals surface area (Å²) >= 11 is 0.